The van der Waals surface area contributed by atoms with Crippen LogP contribution in [-0.4, -0.2) is 82.3 Å². The fourth-order valence-electron chi connectivity index (χ4n) is 2.48. The lowest BCUT2D eigenvalue weighted by molar-refractivity contribution is -0.138. The van der Waals surface area contributed by atoms with Crippen molar-refractivity contribution in [1.82, 2.24) is 16.0 Å². The van der Waals surface area contributed by atoms with Gasteiger partial charge in [-0.3, -0.25) is 19.2 Å². The van der Waals surface area contributed by atoms with Gasteiger partial charge in [-0.15, -0.1) is 0 Å². The van der Waals surface area contributed by atoms with Crippen molar-refractivity contribution >= 4 is 35.5 Å². The number of hydrogen-bond donors (Lipinski definition) is 7. The smallest absolute Gasteiger partial charge is 0.322 e. The largest absolute Gasteiger partial charge is 0.508 e. The number of aliphatic carboxylic acids is 1. The molecule has 1 rings (SSSR count). The zero-order valence-corrected chi connectivity index (χ0v) is 17.9. The minimum absolute atomic E-state index is 0.0144. The molecule has 0 aromatic heterocycles. The lowest BCUT2D eigenvalue weighted by Crippen LogP contribution is -2.57. The summed E-state index contributed by atoms with van der Waals surface area (Å²) >= 11 is 1.51. The van der Waals surface area contributed by atoms with Crippen molar-refractivity contribution in [3.05, 3.63) is 29.8 Å². The number of aromatic hydroxyl groups is 1. The molecule has 0 aliphatic heterocycles. The molecule has 0 heterocycles. The minimum Gasteiger partial charge on any atom is -0.508 e. The highest BCUT2D eigenvalue weighted by molar-refractivity contribution is 7.98. The Labute approximate surface area is 183 Å². The summed E-state index contributed by atoms with van der Waals surface area (Å²) in [6.45, 7) is -1.37. The van der Waals surface area contributed by atoms with Crippen LogP contribution in [0.4, 0.5) is 0 Å². The van der Waals surface area contributed by atoms with E-state index in [0.29, 0.717) is 17.7 Å². The number of phenols is 1. The number of amides is 3. The molecule has 172 valence electrons. The third kappa shape index (κ3) is 9.68. The second-order valence-corrected chi connectivity index (χ2v) is 7.66. The molecule has 8 N–H and O–H groups in total. The third-order valence-electron chi connectivity index (χ3n) is 4.21. The van der Waals surface area contributed by atoms with Gasteiger partial charge in [0, 0.05) is 6.42 Å². The Hall–Kier alpha value is -2.83. The molecule has 0 radical (unpaired) electrons. The Morgan fingerprint density at radius 1 is 1.03 bits per heavy atom. The fraction of sp³-hybridized carbons (Fsp3) is 0.474. The highest BCUT2D eigenvalue weighted by Crippen LogP contribution is 2.11. The van der Waals surface area contributed by atoms with Crippen molar-refractivity contribution in [3.8, 4) is 5.75 Å². The van der Waals surface area contributed by atoms with Gasteiger partial charge in [-0.1, -0.05) is 12.1 Å². The van der Waals surface area contributed by atoms with Crippen molar-refractivity contribution in [1.29, 1.82) is 0 Å². The van der Waals surface area contributed by atoms with E-state index in [-0.39, 0.29) is 12.2 Å². The molecule has 0 aliphatic rings. The predicted molar refractivity (Wildman–Crippen MR) is 114 cm³/mol. The van der Waals surface area contributed by atoms with Gasteiger partial charge in [0.1, 0.15) is 24.4 Å². The van der Waals surface area contributed by atoms with Crippen LogP contribution in [0.2, 0.25) is 0 Å². The Balaban J connectivity index is 2.87. The molecule has 0 fully saturated rings. The van der Waals surface area contributed by atoms with E-state index in [1.165, 1.54) is 36.0 Å². The average Bonchev–Trinajstić information content (AvgIpc) is 2.74. The lowest BCUT2D eigenvalue weighted by Gasteiger charge is -2.23. The zero-order chi connectivity index (χ0) is 23.4. The van der Waals surface area contributed by atoms with Crippen molar-refractivity contribution in [3.63, 3.8) is 0 Å². The molecule has 12 heteroatoms. The average molecular weight is 457 g/mol. The molecule has 1 aromatic rings. The summed E-state index contributed by atoms with van der Waals surface area (Å²) < 4.78 is 0. The maximum absolute atomic E-state index is 12.6. The first-order valence-corrected chi connectivity index (χ1v) is 10.8. The zero-order valence-electron chi connectivity index (χ0n) is 17.0. The van der Waals surface area contributed by atoms with Crippen molar-refractivity contribution in [2.45, 2.75) is 31.0 Å². The second kappa shape index (κ2) is 13.5. The van der Waals surface area contributed by atoms with Gasteiger partial charge in [0.25, 0.3) is 0 Å². The molecule has 0 aliphatic carbocycles. The van der Waals surface area contributed by atoms with Gasteiger partial charge in [0.2, 0.25) is 17.7 Å². The third-order valence-corrected chi connectivity index (χ3v) is 4.85. The van der Waals surface area contributed by atoms with Crippen molar-refractivity contribution in [2.75, 3.05) is 25.2 Å². The van der Waals surface area contributed by atoms with Gasteiger partial charge < -0.3 is 37.0 Å². The van der Waals surface area contributed by atoms with E-state index in [1.54, 1.807) is 0 Å². The minimum atomic E-state index is -1.34. The highest BCUT2D eigenvalue weighted by atomic mass is 32.2. The number of carbonyl (C=O) groups is 4. The van der Waals surface area contributed by atoms with Crippen LogP contribution in [0.15, 0.2) is 24.3 Å². The molecule has 3 atom stereocenters. The van der Waals surface area contributed by atoms with Crippen LogP contribution in [0.1, 0.15) is 12.0 Å². The van der Waals surface area contributed by atoms with E-state index >= 15 is 0 Å². The number of aliphatic hydroxyl groups is 1. The SMILES string of the molecule is CSCCC(N)C(=O)NC(CO)C(=O)NC(Cc1ccc(O)cc1)C(=O)NCC(=O)O. The number of rotatable bonds is 13. The van der Waals surface area contributed by atoms with E-state index in [1.807, 2.05) is 6.26 Å². The van der Waals surface area contributed by atoms with Gasteiger partial charge >= 0.3 is 5.97 Å². The van der Waals surface area contributed by atoms with E-state index in [0.717, 1.165) is 0 Å². The van der Waals surface area contributed by atoms with Gasteiger partial charge in [-0.25, -0.2) is 0 Å². The number of carboxylic acids is 1. The molecule has 0 bridgehead atoms. The first-order valence-electron chi connectivity index (χ1n) is 9.41. The summed E-state index contributed by atoms with van der Waals surface area (Å²) in [5.74, 6) is -2.81. The van der Waals surface area contributed by atoms with Crippen LogP contribution >= 0.6 is 11.8 Å². The molecule has 31 heavy (non-hydrogen) atoms. The Morgan fingerprint density at radius 2 is 1.65 bits per heavy atom. The van der Waals surface area contributed by atoms with Gasteiger partial charge in [-0.05, 0) is 36.1 Å². The number of carboxylic acid groups (broad SMARTS) is 1. The van der Waals surface area contributed by atoms with Crippen LogP contribution < -0.4 is 21.7 Å². The molecule has 3 unspecified atom stereocenters. The standard InChI is InChI=1S/C19H28N4O7S/c1-31-7-6-13(20)17(28)23-15(10-24)19(30)22-14(18(29)21-9-16(26)27)8-11-2-4-12(25)5-3-11/h2-5,13-15,24-25H,6-10,20H2,1H3,(H,21,29)(H,22,30)(H,23,28)(H,26,27). The fourth-order valence-corrected chi connectivity index (χ4v) is 2.97. The predicted octanol–water partition coefficient (Wildman–Crippen LogP) is -1.82. The van der Waals surface area contributed by atoms with Crippen LogP contribution in [0.5, 0.6) is 5.75 Å². The molecule has 1 aromatic carbocycles. The van der Waals surface area contributed by atoms with Crippen LogP contribution in [0.3, 0.4) is 0 Å². The van der Waals surface area contributed by atoms with E-state index < -0.39 is 55.0 Å². The Bertz CT molecular complexity index is 760. The topological polar surface area (TPSA) is 191 Å². The number of phenolic OH excluding ortho intramolecular Hbond substituents is 1. The molecule has 0 saturated heterocycles. The summed E-state index contributed by atoms with van der Waals surface area (Å²) in [4.78, 5) is 47.9. The van der Waals surface area contributed by atoms with Crippen LogP contribution in [0, 0.1) is 0 Å². The summed E-state index contributed by atoms with van der Waals surface area (Å²) in [5, 5.41) is 34.6. The second-order valence-electron chi connectivity index (χ2n) is 6.68. The Morgan fingerprint density at radius 3 is 2.19 bits per heavy atom. The number of nitrogens with two attached hydrogens (primary N) is 1. The number of aliphatic hydroxyl groups excluding tert-OH is 1. The summed E-state index contributed by atoms with van der Waals surface area (Å²) in [6, 6.07) is 2.48. The van der Waals surface area contributed by atoms with Crippen LogP contribution in [0.25, 0.3) is 0 Å². The molecule has 11 nitrogen and oxygen atoms in total. The summed E-state index contributed by atoms with van der Waals surface area (Å²) in [7, 11) is 0. The van der Waals surface area contributed by atoms with Gasteiger partial charge in [0.15, 0.2) is 0 Å². The number of benzene rings is 1. The molecule has 3 amide bonds. The van der Waals surface area contributed by atoms with Gasteiger partial charge in [-0.2, -0.15) is 11.8 Å². The summed E-state index contributed by atoms with van der Waals surface area (Å²) in [6.07, 6.45) is 2.23. The van der Waals surface area contributed by atoms with E-state index in [2.05, 4.69) is 16.0 Å². The van der Waals surface area contributed by atoms with Crippen LogP contribution in [-0.2, 0) is 25.6 Å². The first kappa shape index (κ1) is 26.2. The van der Waals surface area contributed by atoms with E-state index in [9.17, 15) is 29.4 Å². The first-order chi connectivity index (χ1) is 14.7. The lowest BCUT2D eigenvalue weighted by atomic mass is 10.0. The van der Waals surface area contributed by atoms with Crippen molar-refractivity contribution in [2.24, 2.45) is 5.73 Å². The Kier molecular flexibility index (Phi) is 11.4. The quantitative estimate of drug-likeness (QED) is 0.179. The number of thioether (sulfide) groups is 1. The highest BCUT2D eigenvalue weighted by Gasteiger charge is 2.28. The number of nitrogens with one attached hydrogen (secondary N) is 3. The summed E-state index contributed by atoms with van der Waals surface area (Å²) in [5.41, 5.74) is 6.34. The molecular formula is C19H28N4O7S. The number of carbonyl (C=O) groups excluding carboxylic acids is 3. The van der Waals surface area contributed by atoms with Crippen molar-refractivity contribution < 1.29 is 34.5 Å². The molecular weight excluding hydrogens is 428 g/mol. The monoisotopic (exact) mass is 456 g/mol. The number of hydrogen-bond acceptors (Lipinski definition) is 8. The van der Waals surface area contributed by atoms with Gasteiger partial charge in [0.05, 0.1) is 12.6 Å². The molecule has 0 spiro atoms. The maximum Gasteiger partial charge on any atom is 0.322 e. The maximum atomic E-state index is 12.6. The molecule has 0 saturated carbocycles. The normalized spacial score (nSPS) is 13.5. The van der Waals surface area contributed by atoms with E-state index in [4.69, 9.17) is 10.8 Å².